The van der Waals surface area contributed by atoms with Crippen LogP contribution in [0.5, 0.6) is 5.75 Å². The van der Waals surface area contributed by atoms with Gasteiger partial charge in [0.05, 0.1) is 29.2 Å². The fourth-order valence-corrected chi connectivity index (χ4v) is 3.03. The van der Waals surface area contributed by atoms with Gasteiger partial charge in [-0.05, 0) is 48.9 Å². The number of hydrogen-bond donors (Lipinski definition) is 0. The van der Waals surface area contributed by atoms with E-state index in [-0.39, 0.29) is 12.2 Å². The Hall–Kier alpha value is -2.71. The number of rotatable bonds is 5. The second-order valence-corrected chi connectivity index (χ2v) is 7.06. The molecule has 0 N–H and O–H groups in total. The molecular weight excluding hydrogens is 450 g/mol. The highest BCUT2D eigenvalue weighted by molar-refractivity contribution is 9.10. The number of benzene rings is 2. The van der Waals surface area contributed by atoms with E-state index in [1.807, 2.05) is 6.07 Å². The minimum Gasteiger partial charge on any atom is -0.480 e. The first-order valence-electron chi connectivity index (χ1n) is 8.11. The summed E-state index contributed by atoms with van der Waals surface area (Å²) in [5, 5.41) is 5.00. The maximum absolute atomic E-state index is 12.7. The van der Waals surface area contributed by atoms with Crippen molar-refractivity contribution in [2.24, 2.45) is 5.10 Å². The van der Waals surface area contributed by atoms with Crippen molar-refractivity contribution in [1.82, 2.24) is 9.66 Å². The lowest BCUT2D eigenvalue weighted by Crippen LogP contribution is -2.20. The van der Waals surface area contributed by atoms with Crippen LogP contribution in [0.2, 0.25) is 5.02 Å². The molecule has 0 radical (unpaired) electrons. The van der Waals surface area contributed by atoms with Crippen LogP contribution in [-0.4, -0.2) is 35.6 Å². The van der Waals surface area contributed by atoms with Gasteiger partial charge < -0.3 is 9.47 Å². The number of carbonyl (C=O) groups is 1. The Kier molecular flexibility index (Phi) is 6.11. The zero-order valence-electron chi connectivity index (χ0n) is 15.0. The molecule has 28 heavy (non-hydrogen) atoms. The molecule has 0 amide bonds. The van der Waals surface area contributed by atoms with E-state index in [1.54, 1.807) is 37.3 Å². The van der Waals surface area contributed by atoms with Crippen LogP contribution in [0.1, 0.15) is 11.4 Å². The minimum atomic E-state index is -0.507. The zero-order chi connectivity index (χ0) is 20.3. The third-order valence-electron chi connectivity index (χ3n) is 3.82. The van der Waals surface area contributed by atoms with Crippen molar-refractivity contribution in [3.8, 4) is 5.75 Å². The van der Waals surface area contributed by atoms with Crippen LogP contribution in [0.15, 0.2) is 50.8 Å². The molecule has 0 saturated carbocycles. The second-order valence-electron chi connectivity index (χ2n) is 5.74. The van der Waals surface area contributed by atoms with Crippen molar-refractivity contribution >= 4 is 50.6 Å². The van der Waals surface area contributed by atoms with E-state index in [1.165, 1.54) is 18.0 Å². The van der Waals surface area contributed by atoms with Crippen molar-refractivity contribution in [3.63, 3.8) is 0 Å². The number of ether oxygens (including phenoxy) is 2. The highest BCUT2D eigenvalue weighted by Gasteiger charge is 2.09. The highest BCUT2D eigenvalue weighted by atomic mass is 79.9. The fraction of sp³-hybridized carbons (Fsp3) is 0.158. The SMILES string of the molecule is COC(=O)COc1ccc(C=Nn2c(C)nc3ccc(Br)cc3c2=O)cc1Cl. The lowest BCUT2D eigenvalue weighted by Gasteiger charge is -2.08. The van der Waals surface area contributed by atoms with Crippen molar-refractivity contribution in [1.29, 1.82) is 0 Å². The van der Waals surface area contributed by atoms with Crippen LogP contribution in [0.4, 0.5) is 0 Å². The molecule has 0 aliphatic carbocycles. The molecule has 1 heterocycles. The van der Waals surface area contributed by atoms with Gasteiger partial charge in [0.1, 0.15) is 11.6 Å². The summed E-state index contributed by atoms with van der Waals surface area (Å²) < 4.78 is 11.8. The lowest BCUT2D eigenvalue weighted by atomic mass is 10.2. The Labute approximate surface area is 173 Å². The van der Waals surface area contributed by atoms with E-state index in [0.29, 0.717) is 33.1 Å². The molecule has 144 valence electrons. The van der Waals surface area contributed by atoms with Gasteiger partial charge in [0, 0.05) is 4.47 Å². The summed E-state index contributed by atoms with van der Waals surface area (Å²) in [6.07, 6.45) is 1.50. The van der Waals surface area contributed by atoms with Crippen LogP contribution < -0.4 is 10.3 Å². The Morgan fingerprint density at radius 1 is 1.32 bits per heavy atom. The van der Waals surface area contributed by atoms with Gasteiger partial charge in [-0.3, -0.25) is 4.79 Å². The summed E-state index contributed by atoms with van der Waals surface area (Å²) in [5.74, 6) is 0.294. The molecule has 0 unspecified atom stereocenters. The van der Waals surface area contributed by atoms with E-state index in [4.69, 9.17) is 16.3 Å². The van der Waals surface area contributed by atoms with Crippen molar-refractivity contribution < 1.29 is 14.3 Å². The smallest absolute Gasteiger partial charge is 0.343 e. The number of halogens is 2. The number of carbonyl (C=O) groups excluding carboxylic acids is 1. The standard InChI is InChI=1S/C19H15BrClN3O4/c1-11-23-16-5-4-13(20)8-14(16)19(26)24(11)22-9-12-3-6-17(15(21)7-12)28-10-18(25)27-2/h3-9H,10H2,1-2H3. The largest absolute Gasteiger partial charge is 0.480 e. The monoisotopic (exact) mass is 463 g/mol. The number of aryl methyl sites for hydroxylation is 1. The van der Waals surface area contributed by atoms with Crippen LogP contribution >= 0.6 is 27.5 Å². The van der Waals surface area contributed by atoms with Gasteiger partial charge >= 0.3 is 5.97 Å². The average molecular weight is 465 g/mol. The molecule has 0 fully saturated rings. The lowest BCUT2D eigenvalue weighted by molar-refractivity contribution is -0.142. The van der Waals surface area contributed by atoms with Gasteiger partial charge in [-0.15, -0.1) is 0 Å². The summed E-state index contributed by atoms with van der Waals surface area (Å²) >= 11 is 9.53. The van der Waals surface area contributed by atoms with E-state index in [2.05, 4.69) is 30.8 Å². The molecule has 0 saturated heterocycles. The van der Waals surface area contributed by atoms with Crippen molar-refractivity contribution in [2.75, 3.05) is 13.7 Å². The molecule has 0 aliphatic heterocycles. The summed E-state index contributed by atoms with van der Waals surface area (Å²) in [5.41, 5.74) is 0.979. The minimum absolute atomic E-state index is 0.240. The molecule has 0 bridgehead atoms. The van der Waals surface area contributed by atoms with Crippen LogP contribution in [0.25, 0.3) is 10.9 Å². The summed E-state index contributed by atoms with van der Waals surface area (Å²) in [6, 6.07) is 10.2. The van der Waals surface area contributed by atoms with Gasteiger partial charge in [0.15, 0.2) is 6.61 Å². The topological polar surface area (TPSA) is 82.8 Å². The normalized spacial score (nSPS) is 11.1. The van der Waals surface area contributed by atoms with Gasteiger partial charge in [-0.2, -0.15) is 9.78 Å². The first-order chi connectivity index (χ1) is 13.4. The number of nitrogens with zero attached hydrogens (tertiary/aromatic N) is 3. The van der Waals surface area contributed by atoms with Crippen LogP contribution in [-0.2, 0) is 9.53 Å². The van der Waals surface area contributed by atoms with Crippen LogP contribution in [0.3, 0.4) is 0 Å². The van der Waals surface area contributed by atoms with Crippen molar-refractivity contribution in [3.05, 3.63) is 67.6 Å². The van der Waals surface area contributed by atoms with Gasteiger partial charge in [0.2, 0.25) is 0 Å². The Morgan fingerprint density at radius 3 is 2.82 bits per heavy atom. The molecule has 7 nitrogen and oxygen atoms in total. The molecule has 3 rings (SSSR count). The molecule has 0 atom stereocenters. The second kappa shape index (κ2) is 8.53. The average Bonchev–Trinajstić information content (AvgIpc) is 2.67. The van der Waals surface area contributed by atoms with E-state index in [0.717, 1.165) is 4.47 Å². The molecule has 2 aromatic carbocycles. The third kappa shape index (κ3) is 4.40. The predicted molar refractivity (Wildman–Crippen MR) is 110 cm³/mol. The Bertz CT molecular complexity index is 1140. The maximum Gasteiger partial charge on any atom is 0.343 e. The molecule has 0 aliphatic rings. The first kappa shape index (κ1) is 20.0. The number of aromatic nitrogens is 2. The molecular formula is C19H15BrClN3O4. The number of fused-ring (bicyclic) bond motifs is 1. The van der Waals surface area contributed by atoms with Crippen LogP contribution in [0, 0.1) is 6.92 Å². The summed E-state index contributed by atoms with van der Waals surface area (Å²) in [7, 11) is 1.27. The van der Waals surface area contributed by atoms with Gasteiger partial charge in [0.25, 0.3) is 5.56 Å². The number of methoxy groups -OCH3 is 1. The summed E-state index contributed by atoms with van der Waals surface area (Å²) in [4.78, 5) is 28.3. The fourth-order valence-electron chi connectivity index (χ4n) is 2.43. The van der Waals surface area contributed by atoms with E-state index >= 15 is 0 Å². The maximum atomic E-state index is 12.7. The van der Waals surface area contributed by atoms with Gasteiger partial charge in [-0.25, -0.2) is 9.78 Å². The van der Waals surface area contributed by atoms with Crippen molar-refractivity contribution in [2.45, 2.75) is 6.92 Å². The quantitative estimate of drug-likeness (QED) is 0.426. The zero-order valence-corrected chi connectivity index (χ0v) is 17.3. The third-order valence-corrected chi connectivity index (χ3v) is 4.61. The molecule has 0 spiro atoms. The van der Waals surface area contributed by atoms with E-state index < -0.39 is 5.97 Å². The molecule has 9 heteroatoms. The van der Waals surface area contributed by atoms with E-state index in [9.17, 15) is 9.59 Å². The molecule has 1 aromatic heterocycles. The highest BCUT2D eigenvalue weighted by Crippen LogP contribution is 2.25. The first-order valence-corrected chi connectivity index (χ1v) is 9.28. The van der Waals surface area contributed by atoms with Gasteiger partial charge in [-0.1, -0.05) is 27.5 Å². The Morgan fingerprint density at radius 2 is 2.11 bits per heavy atom. The Balaban J connectivity index is 1.89. The molecule has 3 aromatic rings. The number of esters is 1. The number of hydrogen-bond acceptors (Lipinski definition) is 6. The summed E-state index contributed by atoms with van der Waals surface area (Å²) in [6.45, 7) is 1.47. The predicted octanol–water partition coefficient (Wildman–Crippen LogP) is 3.55.